The lowest BCUT2D eigenvalue weighted by atomic mass is 9.97. The highest BCUT2D eigenvalue weighted by Crippen LogP contribution is 2.44. The fourth-order valence-electron chi connectivity index (χ4n) is 8.32. The van der Waals surface area contributed by atoms with Gasteiger partial charge in [0, 0.05) is 54.6 Å². The van der Waals surface area contributed by atoms with E-state index in [2.05, 4.69) is 12.1 Å². The van der Waals surface area contributed by atoms with Crippen LogP contribution >= 0.6 is 0 Å². The van der Waals surface area contributed by atoms with Crippen molar-refractivity contribution in [3.05, 3.63) is 188 Å². The molecule has 0 aliphatic carbocycles. The quantitative estimate of drug-likeness (QED) is 0.177. The highest BCUT2D eigenvalue weighted by molar-refractivity contribution is 6.13. The lowest BCUT2D eigenvalue weighted by molar-refractivity contribution is 0.670. The molecule has 0 saturated carbocycles. The third-order valence-electron chi connectivity index (χ3n) is 10.8. The number of fused-ring (bicyclic) bond motifs is 9. The smallest absolute Gasteiger partial charge is 0.238 e. The van der Waals surface area contributed by atoms with Crippen LogP contribution in [-0.2, 0) is 0 Å². The lowest BCUT2D eigenvalue weighted by Crippen LogP contribution is -2.08. The van der Waals surface area contributed by atoms with E-state index in [1.807, 2.05) is 132 Å². The fraction of sp³-hybridized carbons (Fsp3) is 0. The molecule has 0 N–H and O–H groups in total. The molecule has 0 unspecified atom stereocenters. The van der Waals surface area contributed by atoms with Gasteiger partial charge >= 0.3 is 0 Å². The summed E-state index contributed by atoms with van der Waals surface area (Å²) >= 11 is 0. The highest BCUT2D eigenvalue weighted by atomic mass is 16.3. The van der Waals surface area contributed by atoms with Crippen molar-refractivity contribution in [1.82, 2.24) is 24.1 Å². The second-order valence-electron chi connectivity index (χ2n) is 13.9. The summed E-state index contributed by atoms with van der Waals surface area (Å²) in [6.45, 7) is 0. The van der Waals surface area contributed by atoms with Crippen LogP contribution in [0, 0.1) is 0 Å². The summed E-state index contributed by atoms with van der Waals surface area (Å²) in [7, 11) is 0. The summed E-state index contributed by atoms with van der Waals surface area (Å²) in [5, 5.41) is 4.19. The van der Waals surface area contributed by atoms with Gasteiger partial charge in [0.25, 0.3) is 0 Å². The maximum atomic E-state index is 9.44. The summed E-state index contributed by atoms with van der Waals surface area (Å²) in [6.07, 6.45) is 0. The van der Waals surface area contributed by atoms with Gasteiger partial charge in [-0.2, -0.15) is 9.97 Å². The van der Waals surface area contributed by atoms with E-state index in [0.29, 0.717) is 45.3 Å². The molecule has 0 radical (unpaired) electrons. The first-order valence-corrected chi connectivity index (χ1v) is 18.6. The van der Waals surface area contributed by atoms with Crippen molar-refractivity contribution in [2.24, 2.45) is 0 Å². The van der Waals surface area contributed by atoms with E-state index in [1.165, 1.54) is 12.1 Å². The zero-order valence-electron chi connectivity index (χ0n) is 36.1. The predicted octanol–water partition coefficient (Wildman–Crippen LogP) is 13.0. The number of aromatic nitrogens is 5. The summed E-state index contributed by atoms with van der Waals surface area (Å²) in [6, 6.07) is 47.1. The van der Waals surface area contributed by atoms with Crippen LogP contribution in [0.3, 0.4) is 0 Å². The SMILES string of the molecule is [2H]c1cc([2H])c2c(c1[2H])c1c([2H])c([2H])cc([2H])c1n2-c1c(-c2nc(-c3ccccc3)nc(-n3c4ccccc4c4ccccc43)n2)cccc1-c1cccc2c1oc1ccccc12. The van der Waals surface area contributed by atoms with Gasteiger partial charge in [-0.15, -0.1) is 0 Å². The molecule has 6 heteroatoms. The van der Waals surface area contributed by atoms with E-state index >= 15 is 0 Å². The van der Waals surface area contributed by atoms with Crippen molar-refractivity contribution in [3.63, 3.8) is 0 Å². The third kappa shape index (κ3) is 4.74. The van der Waals surface area contributed by atoms with Crippen LogP contribution in [0.25, 0.3) is 111 Å². The van der Waals surface area contributed by atoms with Crippen LogP contribution in [-0.4, -0.2) is 24.1 Å². The number of hydrogen-bond donors (Lipinski definition) is 0. The summed E-state index contributed by atoms with van der Waals surface area (Å²) in [5.41, 5.74) is 6.63. The largest absolute Gasteiger partial charge is 0.455 e. The molecule has 57 heavy (non-hydrogen) atoms. The Balaban J connectivity index is 1.27. The number of furan rings is 1. The number of para-hydroxylation sites is 7. The maximum Gasteiger partial charge on any atom is 0.238 e. The monoisotopic (exact) mass is 735 g/mol. The standard InChI is InChI=1S/C51H31N5O/c1-2-16-32(17-3-1)49-52-50(54-51(53-49)56-44-29-11-6-20-35(44)36-21-7-12-30-45(36)56)41-26-14-23-38(40-25-15-24-39-37-22-8-13-31-46(37)57-48(39)40)47(41)55-42-27-9-4-18-33(42)34-19-5-10-28-43(34)55/h1-31H/i4D,5D,18D,19D,27D,28D. The van der Waals surface area contributed by atoms with E-state index in [9.17, 15) is 5.48 Å². The number of nitrogens with zero attached hydrogens (tertiary/aromatic N) is 5. The van der Waals surface area contributed by atoms with E-state index in [-0.39, 0.29) is 63.9 Å². The average Bonchev–Trinajstić information content (AvgIpc) is 3.99. The van der Waals surface area contributed by atoms with Gasteiger partial charge in [0.1, 0.15) is 11.2 Å². The number of benzene rings is 8. The minimum absolute atomic E-state index is 0.0816. The lowest BCUT2D eigenvalue weighted by Gasteiger charge is -2.19. The van der Waals surface area contributed by atoms with Crippen LogP contribution in [0.2, 0.25) is 0 Å². The Morgan fingerprint density at radius 3 is 1.72 bits per heavy atom. The molecule has 0 fully saturated rings. The van der Waals surface area contributed by atoms with Crippen LogP contribution < -0.4 is 0 Å². The Labute approximate surface area is 335 Å². The second-order valence-corrected chi connectivity index (χ2v) is 13.9. The molecule has 0 saturated heterocycles. The minimum Gasteiger partial charge on any atom is -0.455 e. The predicted molar refractivity (Wildman–Crippen MR) is 232 cm³/mol. The number of hydrogen-bond acceptors (Lipinski definition) is 4. The Bertz CT molecular complexity index is 3770. The first-order chi connectivity index (χ1) is 30.8. The van der Waals surface area contributed by atoms with Gasteiger partial charge in [-0.1, -0.05) is 152 Å². The third-order valence-corrected chi connectivity index (χ3v) is 10.8. The van der Waals surface area contributed by atoms with Gasteiger partial charge < -0.3 is 8.98 Å². The molecule has 6 nitrogen and oxygen atoms in total. The van der Waals surface area contributed by atoms with Gasteiger partial charge in [0.05, 0.1) is 36.0 Å². The normalized spacial score (nSPS) is 13.3. The first-order valence-electron chi connectivity index (χ1n) is 21.6. The molecule has 8 aromatic carbocycles. The average molecular weight is 736 g/mol. The van der Waals surface area contributed by atoms with Crippen molar-refractivity contribution in [2.45, 2.75) is 0 Å². The molecule has 0 spiro atoms. The van der Waals surface area contributed by atoms with Crippen molar-refractivity contribution < 1.29 is 12.6 Å². The molecule has 4 aromatic heterocycles. The topological polar surface area (TPSA) is 61.7 Å². The molecule has 12 aromatic rings. The molecular formula is C51H31N5O. The molecule has 0 aliphatic heterocycles. The van der Waals surface area contributed by atoms with Crippen LogP contribution in [0.4, 0.5) is 0 Å². The van der Waals surface area contributed by atoms with E-state index in [0.717, 1.165) is 38.1 Å². The zero-order chi connectivity index (χ0) is 42.7. The fourth-order valence-corrected chi connectivity index (χ4v) is 8.32. The molecule has 0 amide bonds. The van der Waals surface area contributed by atoms with Crippen molar-refractivity contribution in [1.29, 1.82) is 0 Å². The van der Waals surface area contributed by atoms with Gasteiger partial charge in [-0.05, 0) is 36.4 Å². The summed E-state index contributed by atoms with van der Waals surface area (Å²) in [5.74, 6) is 1.07. The Morgan fingerprint density at radius 1 is 0.404 bits per heavy atom. The van der Waals surface area contributed by atoms with Gasteiger partial charge in [0.2, 0.25) is 5.95 Å². The van der Waals surface area contributed by atoms with Gasteiger partial charge in [-0.25, -0.2) is 4.98 Å². The first kappa shape index (κ1) is 26.1. The molecular weight excluding hydrogens is 699 g/mol. The van der Waals surface area contributed by atoms with E-state index in [1.54, 1.807) is 4.57 Å². The highest BCUT2D eigenvalue weighted by Gasteiger charge is 2.25. The van der Waals surface area contributed by atoms with Crippen molar-refractivity contribution >= 4 is 65.6 Å². The van der Waals surface area contributed by atoms with Crippen LogP contribution in [0.5, 0.6) is 0 Å². The van der Waals surface area contributed by atoms with Gasteiger partial charge in [-0.3, -0.25) is 4.57 Å². The summed E-state index contributed by atoms with van der Waals surface area (Å²) in [4.78, 5) is 15.7. The van der Waals surface area contributed by atoms with E-state index < -0.39 is 0 Å². The molecule has 0 atom stereocenters. The summed E-state index contributed by atoms with van der Waals surface area (Å²) < 4.78 is 65.1. The van der Waals surface area contributed by atoms with Crippen LogP contribution in [0.15, 0.2) is 192 Å². The molecule has 0 bridgehead atoms. The molecule has 266 valence electrons. The molecule has 4 heterocycles. The van der Waals surface area contributed by atoms with Crippen LogP contribution in [0.1, 0.15) is 8.22 Å². The van der Waals surface area contributed by atoms with Crippen molar-refractivity contribution in [3.8, 4) is 45.5 Å². The van der Waals surface area contributed by atoms with Crippen molar-refractivity contribution in [2.75, 3.05) is 0 Å². The molecule has 12 rings (SSSR count). The maximum absolute atomic E-state index is 9.44. The Hall–Kier alpha value is -7.83. The Morgan fingerprint density at radius 2 is 0.982 bits per heavy atom. The number of rotatable bonds is 5. The molecule has 0 aliphatic rings. The second kappa shape index (κ2) is 12.3. The van der Waals surface area contributed by atoms with Gasteiger partial charge in [0.15, 0.2) is 11.6 Å². The zero-order valence-corrected chi connectivity index (χ0v) is 30.1. The minimum atomic E-state index is -0.207. The van der Waals surface area contributed by atoms with E-state index in [4.69, 9.17) is 22.1 Å². The Kier molecular flexibility index (Phi) is 5.64.